The van der Waals surface area contributed by atoms with Crippen LogP contribution in [0.15, 0.2) is 48.5 Å². The fourth-order valence-corrected chi connectivity index (χ4v) is 2.94. The summed E-state index contributed by atoms with van der Waals surface area (Å²) in [4.78, 5) is 36.0. The van der Waals surface area contributed by atoms with E-state index in [0.29, 0.717) is 10.6 Å². The summed E-state index contributed by atoms with van der Waals surface area (Å²) in [5.41, 5.74) is 1.97. The van der Waals surface area contributed by atoms with Crippen molar-refractivity contribution < 1.29 is 14.4 Å². The first-order valence-corrected chi connectivity index (χ1v) is 9.55. The molecule has 1 atom stereocenters. The van der Waals surface area contributed by atoms with Gasteiger partial charge in [0.25, 0.3) is 5.91 Å². The highest BCUT2D eigenvalue weighted by Crippen LogP contribution is 2.30. The SMILES string of the molecule is CC(NC(=O)CNC(=O)c1ccccc1Cl)c1ccc(NC(=O)C2CC2)cc1. The molecular weight excluding hydrogens is 378 g/mol. The van der Waals surface area contributed by atoms with Crippen LogP contribution in [0.1, 0.15) is 41.7 Å². The van der Waals surface area contributed by atoms with Gasteiger partial charge in [-0.25, -0.2) is 0 Å². The van der Waals surface area contributed by atoms with Gasteiger partial charge in [0.05, 0.1) is 23.2 Å². The van der Waals surface area contributed by atoms with Crippen molar-refractivity contribution in [2.45, 2.75) is 25.8 Å². The fourth-order valence-electron chi connectivity index (χ4n) is 2.72. The highest BCUT2D eigenvalue weighted by molar-refractivity contribution is 6.33. The van der Waals surface area contributed by atoms with Gasteiger partial charge in [-0.3, -0.25) is 14.4 Å². The molecule has 0 aromatic heterocycles. The van der Waals surface area contributed by atoms with Crippen molar-refractivity contribution in [1.29, 1.82) is 0 Å². The number of nitrogens with one attached hydrogen (secondary N) is 3. The highest BCUT2D eigenvalue weighted by Gasteiger charge is 2.29. The smallest absolute Gasteiger partial charge is 0.253 e. The van der Waals surface area contributed by atoms with Crippen molar-refractivity contribution in [2.24, 2.45) is 5.92 Å². The lowest BCUT2D eigenvalue weighted by molar-refractivity contribution is -0.120. The molecule has 0 saturated heterocycles. The average Bonchev–Trinajstić information content (AvgIpc) is 3.52. The maximum atomic E-state index is 12.1. The van der Waals surface area contributed by atoms with Crippen LogP contribution in [0.3, 0.4) is 0 Å². The van der Waals surface area contributed by atoms with Gasteiger partial charge in [-0.1, -0.05) is 35.9 Å². The summed E-state index contributed by atoms with van der Waals surface area (Å²) < 4.78 is 0. The van der Waals surface area contributed by atoms with Crippen molar-refractivity contribution in [2.75, 3.05) is 11.9 Å². The minimum atomic E-state index is -0.399. The van der Waals surface area contributed by atoms with Gasteiger partial charge in [-0.15, -0.1) is 0 Å². The number of anilines is 1. The Labute approximate surface area is 168 Å². The van der Waals surface area contributed by atoms with Gasteiger partial charge < -0.3 is 16.0 Å². The lowest BCUT2D eigenvalue weighted by Crippen LogP contribution is -2.38. The zero-order valence-corrected chi connectivity index (χ0v) is 16.3. The Balaban J connectivity index is 1.47. The summed E-state index contributed by atoms with van der Waals surface area (Å²) >= 11 is 5.98. The van der Waals surface area contributed by atoms with Crippen LogP contribution in [0.25, 0.3) is 0 Å². The zero-order chi connectivity index (χ0) is 20.1. The van der Waals surface area contributed by atoms with Crippen molar-refractivity contribution >= 4 is 35.0 Å². The summed E-state index contributed by atoms with van der Waals surface area (Å²) in [5, 5.41) is 8.61. The number of benzene rings is 2. The summed E-state index contributed by atoms with van der Waals surface area (Å²) in [6.07, 6.45) is 1.92. The normalized spacial score (nSPS) is 14.1. The minimum absolute atomic E-state index is 0.0587. The van der Waals surface area contributed by atoms with Crippen molar-refractivity contribution in [3.63, 3.8) is 0 Å². The number of hydrogen-bond acceptors (Lipinski definition) is 3. The van der Waals surface area contributed by atoms with Gasteiger partial charge in [-0.05, 0) is 49.6 Å². The maximum Gasteiger partial charge on any atom is 0.253 e. The highest BCUT2D eigenvalue weighted by atomic mass is 35.5. The molecule has 1 saturated carbocycles. The molecule has 1 unspecified atom stereocenters. The topological polar surface area (TPSA) is 87.3 Å². The molecule has 0 spiro atoms. The van der Waals surface area contributed by atoms with Crippen molar-refractivity contribution in [3.05, 3.63) is 64.7 Å². The molecule has 0 bridgehead atoms. The minimum Gasteiger partial charge on any atom is -0.348 e. The third kappa shape index (κ3) is 5.33. The van der Waals surface area contributed by atoms with Gasteiger partial charge in [0.15, 0.2) is 0 Å². The van der Waals surface area contributed by atoms with Crippen LogP contribution in [0.5, 0.6) is 0 Å². The Morgan fingerprint density at radius 1 is 1.07 bits per heavy atom. The molecule has 1 fully saturated rings. The van der Waals surface area contributed by atoms with E-state index in [4.69, 9.17) is 11.6 Å². The molecule has 3 rings (SSSR count). The second-order valence-corrected chi connectivity index (χ2v) is 7.24. The second kappa shape index (κ2) is 8.89. The number of carbonyl (C=O) groups is 3. The second-order valence-electron chi connectivity index (χ2n) is 6.84. The lowest BCUT2D eigenvalue weighted by atomic mass is 10.1. The number of halogens is 1. The van der Waals surface area contributed by atoms with Crippen LogP contribution in [0.2, 0.25) is 5.02 Å². The van der Waals surface area contributed by atoms with Crippen LogP contribution in [-0.2, 0) is 9.59 Å². The van der Waals surface area contributed by atoms with E-state index in [1.807, 2.05) is 31.2 Å². The monoisotopic (exact) mass is 399 g/mol. The maximum absolute atomic E-state index is 12.1. The van der Waals surface area contributed by atoms with E-state index in [0.717, 1.165) is 24.1 Å². The molecule has 28 heavy (non-hydrogen) atoms. The van der Waals surface area contributed by atoms with Gasteiger partial charge in [0.1, 0.15) is 0 Å². The number of hydrogen-bond donors (Lipinski definition) is 3. The third-order valence-electron chi connectivity index (χ3n) is 4.53. The van der Waals surface area contributed by atoms with Gasteiger partial charge >= 0.3 is 0 Å². The largest absolute Gasteiger partial charge is 0.348 e. The molecule has 3 N–H and O–H groups in total. The Hall–Kier alpha value is -2.86. The van der Waals surface area contributed by atoms with E-state index in [9.17, 15) is 14.4 Å². The van der Waals surface area contributed by atoms with Crippen LogP contribution in [0.4, 0.5) is 5.69 Å². The Kier molecular flexibility index (Phi) is 6.31. The summed E-state index contributed by atoms with van der Waals surface area (Å²) in [5.74, 6) is -0.495. The van der Waals surface area contributed by atoms with Crippen LogP contribution >= 0.6 is 11.6 Å². The van der Waals surface area contributed by atoms with Gasteiger partial charge in [-0.2, -0.15) is 0 Å². The number of carbonyl (C=O) groups excluding carboxylic acids is 3. The molecule has 1 aliphatic carbocycles. The zero-order valence-electron chi connectivity index (χ0n) is 15.5. The van der Waals surface area contributed by atoms with Crippen LogP contribution < -0.4 is 16.0 Å². The molecule has 6 nitrogen and oxygen atoms in total. The molecule has 0 radical (unpaired) electrons. The lowest BCUT2D eigenvalue weighted by Gasteiger charge is -2.15. The van der Waals surface area contributed by atoms with E-state index in [1.165, 1.54) is 0 Å². The first kappa shape index (κ1) is 19.9. The van der Waals surface area contributed by atoms with Crippen LogP contribution in [0, 0.1) is 5.92 Å². The molecule has 7 heteroatoms. The molecule has 2 aromatic rings. The first-order valence-electron chi connectivity index (χ1n) is 9.17. The molecule has 1 aliphatic rings. The Morgan fingerprint density at radius 2 is 1.75 bits per heavy atom. The van der Waals surface area contributed by atoms with E-state index in [-0.39, 0.29) is 30.3 Å². The van der Waals surface area contributed by atoms with E-state index in [1.54, 1.807) is 24.3 Å². The van der Waals surface area contributed by atoms with Crippen molar-refractivity contribution in [1.82, 2.24) is 10.6 Å². The quantitative estimate of drug-likeness (QED) is 0.667. The summed E-state index contributed by atoms with van der Waals surface area (Å²) in [6.45, 7) is 1.70. The Morgan fingerprint density at radius 3 is 2.39 bits per heavy atom. The van der Waals surface area contributed by atoms with Gasteiger partial charge in [0, 0.05) is 11.6 Å². The van der Waals surface area contributed by atoms with E-state index >= 15 is 0 Å². The predicted molar refractivity (Wildman–Crippen MR) is 108 cm³/mol. The molecule has 0 heterocycles. The van der Waals surface area contributed by atoms with Gasteiger partial charge in [0.2, 0.25) is 11.8 Å². The number of rotatable bonds is 7. The van der Waals surface area contributed by atoms with E-state index < -0.39 is 5.91 Å². The molecule has 0 aliphatic heterocycles. The number of amides is 3. The molecule has 146 valence electrons. The van der Waals surface area contributed by atoms with Crippen LogP contribution in [-0.4, -0.2) is 24.3 Å². The molecule has 3 amide bonds. The Bertz CT molecular complexity index is 879. The average molecular weight is 400 g/mol. The molecule has 2 aromatic carbocycles. The third-order valence-corrected chi connectivity index (χ3v) is 4.86. The first-order chi connectivity index (χ1) is 13.4. The van der Waals surface area contributed by atoms with Crippen molar-refractivity contribution in [3.8, 4) is 0 Å². The predicted octanol–water partition coefficient (Wildman–Crippen LogP) is 3.30. The summed E-state index contributed by atoms with van der Waals surface area (Å²) in [6, 6.07) is 13.8. The van der Waals surface area contributed by atoms with E-state index in [2.05, 4.69) is 16.0 Å². The molecular formula is C21H22ClN3O3. The summed E-state index contributed by atoms with van der Waals surface area (Å²) in [7, 11) is 0. The standard InChI is InChI=1S/C21H22ClN3O3/c1-13(14-8-10-16(11-9-14)25-20(27)15-6-7-15)24-19(26)12-23-21(28)17-4-2-3-5-18(17)22/h2-5,8-11,13,15H,6-7,12H2,1H3,(H,23,28)(H,24,26)(H,25,27). The fraction of sp³-hybridized carbons (Fsp3) is 0.286.